The van der Waals surface area contributed by atoms with Crippen LogP contribution < -0.4 is 0 Å². The Morgan fingerprint density at radius 3 is 2.67 bits per heavy atom. The molecular weight excluding hydrogens is 418 g/mol. The number of amides is 1. The number of hydrogen-bond donors (Lipinski definition) is 0. The molecule has 1 saturated heterocycles. The lowest BCUT2D eigenvalue weighted by molar-refractivity contribution is -0.137. The van der Waals surface area contributed by atoms with Crippen molar-refractivity contribution in [3.8, 4) is 10.6 Å². The molecule has 1 aliphatic rings. The third kappa shape index (κ3) is 4.21. The normalized spacial score (nSPS) is 17.2. The van der Waals surface area contributed by atoms with Crippen LogP contribution in [0.25, 0.3) is 10.6 Å². The number of alkyl halides is 3. The summed E-state index contributed by atoms with van der Waals surface area (Å²) in [6.45, 7) is 0.797. The standard InChI is InChI=1S/C21H17F4N3OS/c22-17-9-2-1-8-16(17)19-27-26-18(30-19)14-6-4-10-28(12-14)20(29)13-5-3-7-15(11-13)21(23,24)25/h1-3,5,7-9,11,14H,4,6,10,12H2. The monoisotopic (exact) mass is 435 g/mol. The van der Waals surface area contributed by atoms with Gasteiger partial charge >= 0.3 is 6.18 Å². The molecule has 2 heterocycles. The smallest absolute Gasteiger partial charge is 0.338 e. The molecule has 0 N–H and O–H groups in total. The van der Waals surface area contributed by atoms with Crippen LogP contribution in [-0.2, 0) is 6.18 Å². The van der Waals surface area contributed by atoms with Crippen LogP contribution in [-0.4, -0.2) is 34.1 Å². The Morgan fingerprint density at radius 2 is 1.90 bits per heavy atom. The van der Waals surface area contributed by atoms with Gasteiger partial charge in [0.1, 0.15) is 10.8 Å². The summed E-state index contributed by atoms with van der Waals surface area (Å²) in [5.41, 5.74) is -0.468. The van der Waals surface area contributed by atoms with Gasteiger partial charge in [-0.2, -0.15) is 13.2 Å². The predicted octanol–water partition coefficient (Wildman–Crippen LogP) is 5.38. The SMILES string of the molecule is O=C(c1cccc(C(F)(F)F)c1)N1CCCC(c2nnc(-c3ccccc3F)s2)C1. The van der Waals surface area contributed by atoms with Gasteiger partial charge < -0.3 is 4.90 Å². The second-order valence-electron chi connectivity index (χ2n) is 7.09. The Morgan fingerprint density at radius 1 is 1.10 bits per heavy atom. The van der Waals surface area contributed by atoms with E-state index in [-0.39, 0.29) is 17.3 Å². The number of carbonyl (C=O) groups excluding carboxylic acids is 1. The van der Waals surface area contributed by atoms with Crippen LogP contribution in [0.4, 0.5) is 17.6 Å². The molecular formula is C21H17F4N3OS. The molecule has 0 spiro atoms. The fourth-order valence-corrected chi connectivity index (χ4v) is 4.51. The molecule has 1 amide bonds. The van der Waals surface area contributed by atoms with Gasteiger partial charge in [-0.15, -0.1) is 10.2 Å². The molecule has 1 unspecified atom stereocenters. The summed E-state index contributed by atoms with van der Waals surface area (Å²) in [5, 5.41) is 9.43. The maximum Gasteiger partial charge on any atom is 0.416 e. The third-order valence-corrected chi connectivity index (χ3v) is 6.16. The van der Waals surface area contributed by atoms with Crippen LogP contribution in [0, 0.1) is 5.82 Å². The number of rotatable bonds is 3. The Kier molecular flexibility index (Phi) is 5.55. The lowest BCUT2D eigenvalue weighted by atomic mass is 9.98. The molecule has 0 radical (unpaired) electrons. The lowest BCUT2D eigenvalue weighted by Crippen LogP contribution is -2.39. The molecule has 3 aromatic rings. The topological polar surface area (TPSA) is 46.1 Å². The number of aromatic nitrogens is 2. The minimum absolute atomic E-state index is 0.00906. The zero-order valence-corrected chi connectivity index (χ0v) is 16.5. The Labute approximate surface area is 174 Å². The Hall–Kier alpha value is -2.81. The van der Waals surface area contributed by atoms with E-state index in [1.807, 2.05) is 0 Å². The predicted molar refractivity (Wildman–Crippen MR) is 105 cm³/mol. The van der Waals surface area contributed by atoms with E-state index < -0.39 is 17.6 Å². The molecule has 0 saturated carbocycles. The van der Waals surface area contributed by atoms with Crippen LogP contribution in [0.3, 0.4) is 0 Å². The second kappa shape index (κ2) is 8.14. The largest absolute Gasteiger partial charge is 0.416 e. The van der Waals surface area contributed by atoms with Crippen molar-refractivity contribution in [2.45, 2.75) is 24.9 Å². The van der Waals surface area contributed by atoms with E-state index >= 15 is 0 Å². The summed E-state index contributed by atoms with van der Waals surface area (Å²) in [6, 6.07) is 10.8. The average molecular weight is 435 g/mol. The van der Waals surface area contributed by atoms with Gasteiger partial charge in [0.05, 0.1) is 5.56 Å². The highest BCUT2D eigenvalue weighted by atomic mass is 32.1. The first-order chi connectivity index (χ1) is 14.3. The summed E-state index contributed by atoms with van der Waals surface area (Å²) in [4.78, 5) is 14.4. The first-order valence-corrected chi connectivity index (χ1v) is 10.2. The fraction of sp³-hybridized carbons (Fsp3) is 0.286. The molecule has 30 heavy (non-hydrogen) atoms. The van der Waals surface area contributed by atoms with Gasteiger partial charge in [-0.25, -0.2) is 4.39 Å². The van der Waals surface area contributed by atoms with Crippen molar-refractivity contribution in [3.05, 3.63) is 70.5 Å². The van der Waals surface area contributed by atoms with E-state index in [2.05, 4.69) is 10.2 Å². The van der Waals surface area contributed by atoms with E-state index in [0.717, 1.165) is 18.6 Å². The number of carbonyl (C=O) groups is 1. The third-order valence-electron chi connectivity index (χ3n) is 5.04. The molecule has 0 aliphatic carbocycles. The van der Waals surface area contributed by atoms with E-state index in [9.17, 15) is 22.4 Å². The summed E-state index contributed by atoms with van der Waals surface area (Å²) in [7, 11) is 0. The number of piperidine rings is 1. The fourth-order valence-electron chi connectivity index (χ4n) is 3.52. The van der Waals surface area contributed by atoms with Crippen LogP contribution in [0.2, 0.25) is 0 Å². The first-order valence-electron chi connectivity index (χ1n) is 9.38. The zero-order valence-electron chi connectivity index (χ0n) is 15.7. The average Bonchev–Trinajstić information content (AvgIpc) is 3.23. The van der Waals surface area contributed by atoms with Crippen molar-refractivity contribution < 1.29 is 22.4 Å². The minimum atomic E-state index is -4.50. The Bertz CT molecular complexity index is 1070. The van der Waals surface area contributed by atoms with Crippen LogP contribution in [0.1, 0.15) is 39.7 Å². The Balaban J connectivity index is 1.52. The number of halogens is 4. The van der Waals surface area contributed by atoms with Crippen molar-refractivity contribution in [1.82, 2.24) is 15.1 Å². The van der Waals surface area contributed by atoms with Gasteiger partial charge in [0.25, 0.3) is 5.91 Å². The van der Waals surface area contributed by atoms with Crippen LogP contribution in [0.15, 0.2) is 48.5 Å². The summed E-state index contributed by atoms with van der Waals surface area (Å²) < 4.78 is 52.9. The van der Waals surface area contributed by atoms with Gasteiger partial charge in [-0.1, -0.05) is 29.5 Å². The van der Waals surface area contributed by atoms with Crippen molar-refractivity contribution in [1.29, 1.82) is 0 Å². The molecule has 2 aromatic carbocycles. The number of hydrogen-bond acceptors (Lipinski definition) is 4. The van der Waals surface area contributed by atoms with Crippen molar-refractivity contribution in [2.24, 2.45) is 0 Å². The van der Waals surface area contributed by atoms with Crippen molar-refractivity contribution in [2.75, 3.05) is 13.1 Å². The molecule has 4 nitrogen and oxygen atoms in total. The van der Waals surface area contributed by atoms with E-state index in [1.165, 1.54) is 29.5 Å². The zero-order chi connectivity index (χ0) is 21.3. The lowest BCUT2D eigenvalue weighted by Gasteiger charge is -2.31. The minimum Gasteiger partial charge on any atom is -0.338 e. The maximum absolute atomic E-state index is 14.0. The van der Waals surface area contributed by atoms with Crippen molar-refractivity contribution in [3.63, 3.8) is 0 Å². The van der Waals surface area contributed by atoms with Gasteiger partial charge in [0.15, 0.2) is 5.01 Å². The number of benzene rings is 2. The molecule has 9 heteroatoms. The second-order valence-corrected chi connectivity index (χ2v) is 8.10. The summed E-state index contributed by atoms with van der Waals surface area (Å²) in [5.74, 6) is -0.915. The van der Waals surface area contributed by atoms with Crippen LogP contribution in [0.5, 0.6) is 0 Å². The van der Waals surface area contributed by atoms with Gasteiger partial charge in [0, 0.05) is 30.1 Å². The van der Waals surface area contributed by atoms with E-state index in [0.29, 0.717) is 35.1 Å². The quantitative estimate of drug-likeness (QED) is 0.519. The molecule has 1 aromatic heterocycles. The van der Waals surface area contributed by atoms with E-state index in [1.54, 1.807) is 23.1 Å². The molecule has 1 aliphatic heterocycles. The van der Waals surface area contributed by atoms with Crippen LogP contribution >= 0.6 is 11.3 Å². The van der Waals surface area contributed by atoms with Gasteiger partial charge in [0.2, 0.25) is 0 Å². The van der Waals surface area contributed by atoms with Crippen molar-refractivity contribution >= 4 is 17.2 Å². The molecule has 156 valence electrons. The maximum atomic E-state index is 14.0. The number of nitrogens with zero attached hydrogens (tertiary/aromatic N) is 3. The molecule has 4 rings (SSSR count). The molecule has 1 atom stereocenters. The molecule has 1 fully saturated rings. The highest BCUT2D eigenvalue weighted by Gasteiger charge is 2.32. The highest BCUT2D eigenvalue weighted by Crippen LogP contribution is 2.34. The number of likely N-dealkylation sites (tertiary alicyclic amines) is 1. The highest BCUT2D eigenvalue weighted by molar-refractivity contribution is 7.14. The van der Waals surface area contributed by atoms with E-state index in [4.69, 9.17) is 0 Å². The summed E-state index contributed by atoms with van der Waals surface area (Å²) >= 11 is 1.27. The van der Waals surface area contributed by atoms with Gasteiger partial charge in [-0.3, -0.25) is 4.79 Å². The summed E-state index contributed by atoms with van der Waals surface area (Å²) in [6.07, 6.45) is -3.03. The first kappa shape index (κ1) is 20.5. The molecule has 0 bridgehead atoms. The van der Waals surface area contributed by atoms with Gasteiger partial charge in [-0.05, 0) is 43.2 Å².